The van der Waals surface area contributed by atoms with E-state index in [4.69, 9.17) is 0 Å². The van der Waals surface area contributed by atoms with Crippen LogP contribution < -0.4 is 10.1 Å². The summed E-state index contributed by atoms with van der Waals surface area (Å²) in [6, 6.07) is 7.11. The summed E-state index contributed by atoms with van der Waals surface area (Å²) in [5, 5.41) is 3.17. The van der Waals surface area contributed by atoms with Crippen LogP contribution in [0.25, 0.3) is 0 Å². The van der Waals surface area contributed by atoms with E-state index in [1.54, 1.807) is 12.1 Å². The first-order valence-corrected chi connectivity index (χ1v) is 5.43. The lowest BCUT2D eigenvalue weighted by molar-refractivity contribution is -0.0507. The van der Waals surface area contributed by atoms with E-state index in [0.717, 1.165) is 18.4 Å². The molecule has 1 unspecified atom stereocenters. The molecule has 1 aliphatic rings. The monoisotopic (exact) mass is 227 g/mol. The zero-order valence-corrected chi connectivity index (χ0v) is 9.12. The topological polar surface area (TPSA) is 21.3 Å². The van der Waals surface area contributed by atoms with Gasteiger partial charge in [0.15, 0.2) is 0 Å². The van der Waals surface area contributed by atoms with Crippen molar-refractivity contribution in [2.45, 2.75) is 25.5 Å². The molecule has 2 rings (SSSR count). The third-order valence-electron chi connectivity index (χ3n) is 2.87. The Morgan fingerprint density at radius 2 is 2.00 bits per heavy atom. The predicted molar refractivity (Wildman–Crippen MR) is 57.6 cm³/mol. The SMILES string of the molecule is CNC(c1ccccc1OC(F)F)C1CC1. The van der Waals surface area contributed by atoms with Crippen LogP contribution >= 0.6 is 0 Å². The van der Waals surface area contributed by atoms with Crippen molar-refractivity contribution in [1.82, 2.24) is 5.32 Å². The summed E-state index contributed by atoms with van der Waals surface area (Å²) in [7, 11) is 1.85. The molecule has 0 spiro atoms. The number of hydrogen-bond acceptors (Lipinski definition) is 2. The third-order valence-corrected chi connectivity index (χ3v) is 2.87. The van der Waals surface area contributed by atoms with Crippen molar-refractivity contribution in [3.63, 3.8) is 0 Å². The second-order valence-corrected chi connectivity index (χ2v) is 4.02. The summed E-state index contributed by atoms with van der Waals surface area (Å²) in [4.78, 5) is 0. The van der Waals surface area contributed by atoms with E-state index in [9.17, 15) is 8.78 Å². The van der Waals surface area contributed by atoms with E-state index in [-0.39, 0.29) is 11.8 Å². The standard InChI is InChI=1S/C12H15F2NO/c1-15-11(8-6-7-8)9-4-2-3-5-10(9)16-12(13)14/h2-5,8,11-12,15H,6-7H2,1H3. The Balaban J connectivity index is 2.23. The molecule has 2 nitrogen and oxygen atoms in total. The molecule has 0 aromatic heterocycles. The number of nitrogens with one attached hydrogen (secondary N) is 1. The van der Waals surface area contributed by atoms with Crippen molar-refractivity contribution in [2.24, 2.45) is 5.92 Å². The molecular formula is C12H15F2NO. The average Bonchev–Trinajstić information content (AvgIpc) is 3.05. The average molecular weight is 227 g/mol. The molecule has 1 saturated carbocycles. The highest BCUT2D eigenvalue weighted by Gasteiger charge is 2.33. The molecule has 1 aromatic carbocycles. The van der Waals surface area contributed by atoms with Crippen LogP contribution in [0.15, 0.2) is 24.3 Å². The van der Waals surface area contributed by atoms with Gasteiger partial charge in [-0.15, -0.1) is 0 Å². The third kappa shape index (κ3) is 2.50. The van der Waals surface area contributed by atoms with Gasteiger partial charge in [-0.1, -0.05) is 18.2 Å². The van der Waals surface area contributed by atoms with Crippen LogP contribution in [0.4, 0.5) is 8.78 Å². The molecule has 16 heavy (non-hydrogen) atoms. The number of halogens is 2. The van der Waals surface area contributed by atoms with Crippen LogP contribution in [-0.2, 0) is 0 Å². The largest absolute Gasteiger partial charge is 0.434 e. The van der Waals surface area contributed by atoms with Gasteiger partial charge >= 0.3 is 6.61 Å². The Kier molecular flexibility index (Phi) is 3.39. The van der Waals surface area contributed by atoms with Gasteiger partial charge in [-0.25, -0.2) is 0 Å². The zero-order valence-electron chi connectivity index (χ0n) is 9.12. The Morgan fingerprint density at radius 3 is 2.56 bits per heavy atom. The Morgan fingerprint density at radius 1 is 1.31 bits per heavy atom. The van der Waals surface area contributed by atoms with Crippen LogP contribution in [0.1, 0.15) is 24.4 Å². The summed E-state index contributed by atoms with van der Waals surface area (Å²) in [6.07, 6.45) is 2.29. The molecule has 1 aromatic rings. The molecule has 0 aliphatic heterocycles. The number of ether oxygens (including phenoxy) is 1. The number of benzene rings is 1. The second-order valence-electron chi connectivity index (χ2n) is 4.02. The fourth-order valence-electron chi connectivity index (χ4n) is 2.02. The summed E-state index contributed by atoms with van der Waals surface area (Å²) in [5.41, 5.74) is 0.827. The van der Waals surface area contributed by atoms with Gasteiger partial charge in [0, 0.05) is 11.6 Å². The highest BCUT2D eigenvalue weighted by Crippen LogP contribution is 2.43. The summed E-state index contributed by atoms with van der Waals surface area (Å²) < 4.78 is 29.0. The van der Waals surface area contributed by atoms with E-state index >= 15 is 0 Å². The van der Waals surface area contributed by atoms with Crippen LogP contribution in [0.5, 0.6) is 5.75 Å². The van der Waals surface area contributed by atoms with E-state index in [1.807, 2.05) is 19.2 Å². The molecule has 0 radical (unpaired) electrons. The van der Waals surface area contributed by atoms with E-state index in [2.05, 4.69) is 10.1 Å². The van der Waals surface area contributed by atoms with Gasteiger partial charge in [0.1, 0.15) is 5.75 Å². The minimum Gasteiger partial charge on any atom is -0.434 e. The lowest BCUT2D eigenvalue weighted by Gasteiger charge is -2.19. The highest BCUT2D eigenvalue weighted by atomic mass is 19.3. The van der Waals surface area contributed by atoms with Gasteiger partial charge in [-0.2, -0.15) is 8.78 Å². The molecule has 0 heterocycles. The molecule has 1 N–H and O–H groups in total. The van der Waals surface area contributed by atoms with E-state index in [0.29, 0.717) is 5.92 Å². The Bertz CT molecular complexity index is 353. The molecule has 1 fully saturated rings. The zero-order chi connectivity index (χ0) is 11.5. The molecule has 0 saturated heterocycles. The van der Waals surface area contributed by atoms with Crippen LogP contribution in [-0.4, -0.2) is 13.7 Å². The van der Waals surface area contributed by atoms with E-state index < -0.39 is 6.61 Å². The van der Waals surface area contributed by atoms with Crippen molar-refractivity contribution in [3.05, 3.63) is 29.8 Å². The van der Waals surface area contributed by atoms with Gasteiger partial charge in [0.25, 0.3) is 0 Å². The van der Waals surface area contributed by atoms with Crippen molar-refractivity contribution >= 4 is 0 Å². The van der Waals surface area contributed by atoms with Gasteiger partial charge in [-0.05, 0) is 31.9 Å². The highest BCUT2D eigenvalue weighted by molar-refractivity contribution is 5.37. The van der Waals surface area contributed by atoms with E-state index in [1.165, 1.54) is 0 Å². The summed E-state index contributed by atoms with van der Waals surface area (Å²) in [5.74, 6) is 0.830. The molecule has 88 valence electrons. The maximum Gasteiger partial charge on any atom is 0.387 e. The summed E-state index contributed by atoms with van der Waals surface area (Å²) in [6.45, 7) is -2.77. The molecular weight excluding hydrogens is 212 g/mol. The quantitative estimate of drug-likeness (QED) is 0.835. The molecule has 0 amide bonds. The Labute approximate surface area is 93.6 Å². The smallest absolute Gasteiger partial charge is 0.387 e. The fourth-order valence-corrected chi connectivity index (χ4v) is 2.02. The van der Waals surface area contributed by atoms with Crippen LogP contribution in [0.3, 0.4) is 0 Å². The molecule has 1 aliphatic carbocycles. The first kappa shape index (κ1) is 11.3. The van der Waals surface area contributed by atoms with Crippen molar-refractivity contribution < 1.29 is 13.5 Å². The van der Waals surface area contributed by atoms with Crippen molar-refractivity contribution in [1.29, 1.82) is 0 Å². The lowest BCUT2D eigenvalue weighted by atomic mass is 10.0. The Hall–Kier alpha value is -1.16. The van der Waals surface area contributed by atoms with Gasteiger partial charge in [0.05, 0.1) is 0 Å². The predicted octanol–water partition coefficient (Wildman–Crippen LogP) is 2.96. The fraction of sp³-hybridized carbons (Fsp3) is 0.500. The van der Waals surface area contributed by atoms with Gasteiger partial charge in [0.2, 0.25) is 0 Å². The maximum atomic E-state index is 12.2. The molecule has 1 atom stereocenters. The van der Waals surface area contributed by atoms with Crippen molar-refractivity contribution in [2.75, 3.05) is 7.05 Å². The second kappa shape index (κ2) is 4.78. The minimum atomic E-state index is -2.77. The maximum absolute atomic E-state index is 12.2. The lowest BCUT2D eigenvalue weighted by Crippen LogP contribution is -2.19. The van der Waals surface area contributed by atoms with Crippen molar-refractivity contribution in [3.8, 4) is 5.75 Å². The van der Waals surface area contributed by atoms with Gasteiger partial charge in [-0.3, -0.25) is 0 Å². The molecule has 4 heteroatoms. The number of para-hydroxylation sites is 1. The normalized spacial score (nSPS) is 17.5. The first-order chi connectivity index (χ1) is 7.72. The first-order valence-electron chi connectivity index (χ1n) is 5.43. The number of rotatable bonds is 5. The molecule has 0 bridgehead atoms. The van der Waals surface area contributed by atoms with Gasteiger partial charge < -0.3 is 10.1 Å². The number of alkyl halides is 2. The van der Waals surface area contributed by atoms with Crippen LogP contribution in [0.2, 0.25) is 0 Å². The minimum absolute atomic E-state index is 0.120. The number of hydrogen-bond donors (Lipinski definition) is 1. The summed E-state index contributed by atoms with van der Waals surface area (Å²) >= 11 is 0. The van der Waals surface area contributed by atoms with Crippen LogP contribution in [0, 0.1) is 5.92 Å².